The Bertz CT molecular complexity index is 2600. The van der Waals surface area contributed by atoms with Crippen molar-refractivity contribution in [1.82, 2.24) is 9.97 Å². The molecule has 9 rings (SSSR count). The highest BCUT2D eigenvalue weighted by atomic mass is 16.5. The second kappa shape index (κ2) is 11.6. The molecule has 1 aliphatic heterocycles. The number of oxazole rings is 1. The summed E-state index contributed by atoms with van der Waals surface area (Å²) in [5.74, 6) is 2.05. The number of aromatic nitrogens is 2. The van der Waals surface area contributed by atoms with Crippen LogP contribution >= 0.6 is 0 Å². The summed E-state index contributed by atoms with van der Waals surface area (Å²) < 4.78 is 12.7. The highest BCUT2D eigenvalue weighted by Gasteiger charge is 2.27. The number of hydrogen-bond donors (Lipinski definition) is 1. The molecule has 1 aliphatic rings. The van der Waals surface area contributed by atoms with Gasteiger partial charge in [0.05, 0.1) is 22.5 Å². The Morgan fingerprint density at radius 3 is 2.04 bits per heavy atom. The number of phenols is 1. The number of para-hydroxylation sites is 6. The normalized spacial score (nSPS) is 12.5. The smallest absolute Gasteiger partial charge is 0.231 e. The molecule has 6 nitrogen and oxygen atoms in total. The minimum atomic E-state index is -0.0839. The number of ether oxygens (including phenoxy) is 1. The van der Waals surface area contributed by atoms with Crippen molar-refractivity contribution < 1.29 is 14.3 Å². The van der Waals surface area contributed by atoms with Crippen molar-refractivity contribution in [1.29, 1.82) is 0 Å². The topological polar surface area (TPSA) is 71.6 Å². The van der Waals surface area contributed by atoms with E-state index in [0.29, 0.717) is 22.6 Å². The molecule has 2 aromatic heterocycles. The van der Waals surface area contributed by atoms with Crippen molar-refractivity contribution >= 4 is 39.1 Å². The van der Waals surface area contributed by atoms with Crippen LogP contribution in [0.4, 0.5) is 17.1 Å². The van der Waals surface area contributed by atoms with Crippen LogP contribution in [0.2, 0.25) is 0 Å². The predicted molar refractivity (Wildman–Crippen MR) is 205 cm³/mol. The van der Waals surface area contributed by atoms with Gasteiger partial charge in [0, 0.05) is 28.4 Å². The summed E-state index contributed by atoms with van der Waals surface area (Å²) in [7, 11) is 0. The maximum Gasteiger partial charge on any atom is 0.231 e. The number of nitrogens with zero attached hydrogens (tertiary/aromatic N) is 3. The number of aryl methyl sites for hydroxylation is 1. The van der Waals surface area contributed by atoms with Gasteiger partial charge in [0.25, 0.3) is 0 Å². The summed E-state index contributed by atoms with van der Waals surface area (Å²) in [6.45, 7) is 8.90. The molecule has 0 spiro atoms. The van der Waals surface area contributed by atoms with Crippen LogP contribution in [0, 0.1) is 6.92 Å². The zero-order chi connectivity index (χ0) is 34.9. The average Bonchev–Trinajstić information content (AvgIpc) is 3.58. The molecule has 0 saturated heterocycles. The predicted octanol–water partition coefficient (Wildman–Crippen LogP) is 12.3. The van der Waals surface area contributed by atoms with E-state index < -0.39 is 0 Å². The zero-order valence-electron chi connectivity index (χ0n) is 28.8. The van der Waals surface area contributed by atoms with E-state index in [0.717, 1.165) is 61.7 Å². The van der Waals surface area contributed by atoms with Gasteiger partial charge in [-0.25, -0.2) is 4.98 Å². The van der Waals surface area contributed by atoms with Gasteiger partial charge in [-0.05, 0) is 113 Å². The quantitative estimate of drug-likeness (QED) is 0.202. The number of pyridine rings is 1. The fourth-order valence-electron chi connectivity index (χ4n) is 7.03. The van der Waals surface area contributed by atoms with E-state index in [1.54, 1.807) is 12.1 Å². The molecule has 0 saturated carbocycles. The number of phenolic OH excluding ortho intramolecular Hbond substituents is 1. The van der Waals surface area contributed by atoms with Crippen LogP contribution < -0.4 is 9.64 Å². The monoisotopic (exact) mass is 665 g/mol. The molecule has 8 aromatic rings. The van der Waals surface area contributed by atoms with Crippen LogP contribution in [0.15, 0.2) is 138 Å². The maximum absolute atomic E-state index is 10.6. The number of fused-ring (bicyclic) bond motifs is 4. The van der Waals surface area contributed by atoms with Gasteiger partial charge in [0.15, 0.2) is 17.1 Å². The van der Waals surface area contributed by atoms with Crippen LogP contribution in [-0.2, 0) is 5.41 Å². The third-order valence-corrected chi connectivity index (χ3v) is 9.71. The summed E-state index contributed by atoms with van der Waals surface area (Å²) >= 11 is 0. The van der Waals surface area contributed by atoms with E-state index in [-0.39, 0.29) is 11.2 Å². The van der Waals surface area contributed by atoms with Crippen molar-refractivity contribution in [2.75, 3.05) is 4.90 Å². The first-order chi connectivity index (χ1) is 24.7. The molecule has 0 atom stereocenters. The van der Waals surface area contributed by atoms with Crippen LogP contribution in [0.1, 0.15) is 31.9 Å². The van der Waals surface area contributed by atoms with Crippen molar-refractivity contribution in [3.8, 4) is 51.0 Å². The summed E-state index contributed by atoms with van der Waals surface area (Å²) in [5, 5.41) is 11.8. The SMILES string of the molecule is Cc1ccnc2c(-c3cc(-c4cccc5oc(-c6ccccc6O)nc45)cc(N4c5ccccc5Oc5ccccc54)c3)cc(C(C)(C)C)cc12. The Kier molecular flexibility index (Phi) is 6.97. The first-order valence-corrected chi connectivity index (χ1v) is 17.1. The Morgan fingerprint density at radius 2 is 1.31 bits per heavy atom. The summed E-state index contributed by atoms with van der Waals surface area (Å²) in [6, 6.07) is 42.7. The van der Waals surface area contributed by atoms with Gasteiger partial charge in [-0.3, -0.25) is 4.98 Å². The fraction of sp³-hybridized carbons (Fsp3) is 0.111. The van der Waals surface area contributed by atoms with Gasteiger partial charge in [-0.2, -0.15) is 0 Å². The van der Waals surface area contributed by atoms with E-state index in [1.807, 2.05) is 66.9 Å². The van der Waals surface area contributed by atoms with E-state index in [4.69, 9.17) is 19.1 Å². The minimum Gasteiger partial charge on any atom is -0.507 e. The molecule has 51 heavy (non-hydrogen) atoms. The highest BCUT2D eigenvalue weighted by Crippen LogP contribution is 2.52. The van der Waals surface area contributed by atoms with E-state index >= 15 is 0 Å². The lowest BCUT2D eigenvalue weighted by atomic mass is 9.83. The van der Waals surface area contributed by atoms with Crippen LogP contribution in [0.3, 0.4) is 0 Å². The number of rotatable bonds is 4. The van der Waals surface area contributed by atoms with Crippen LogP contribution in [0.25, 0.3) is 55.7 Å². The summed E-state index contributed by atoms with van der Waals surface area (Å²) in [4.78, 5) is 12.2. The minimum absolute atomic E-state index is 0.0839. The van der Waals surface area contributed by atoms with Gasteiger partial charge in [-0.15, -0.1) is 0 Å². The Hall–Kier alpha value is -6.40. The Balaban J connectivity index is 1.35. The molecule has 0 unspecified atom stereocenters. The van der Waals surface area contributed by atoms with Crippen LogP contribution in [0.5, 0.6) is 17.2 Å². The first-order valence-electron chi connectivity index (χ1n) is 17.1. The molecule has 0 aliphatic carbocycles. The van der Waals surface area contributed by atoms with Gasteiger partial charge in [-0.1, -0.05) is 69.3 Å². The summed E-state index contributed by atoms with van der Waals surface area (Å²) in [5.41, 5.74) is 12.0. The molecule has 0 radical (unpaired) electrons. The molecule has 3 heterocycles. The Morgan fingerprint density at radius 1 is 0.647 bits per heavy atom. The summed E-state index contributed by atoms with van der Waals surface area (Å²) in [6.07, 6.45) is 1.90. The molecule has 6 heteroatoms. The number of anilines is 3. The van der Waals surface area contributed by atoms with Gasteiger partial charge >= 0.3 is 0 Å². The van der Waals surface area contributed by atoms with Crippen molar-refractivity contribution in [3.63, 3.8) is 0 Å². The first kappa shape index (κ1) is 30.6. The highest BCUT2D eigenvalue weighted by molar-refractivity contribution is 6.01. The number of benzene rings is 6. The number of hydrogen-bond acceptors (Lipinski definition) is 6. The largest absolute Gasteiger partial charge is 0.507 e. The van der Waals surface area contributed by atoms with E-state index in [9.17, 15) is 5.11 Å². The molecule has 0 amide bonds. The third kappa shape index (κ3) is 5.19. The lowest BCUT2D eigenvalue weighted by molar-refractivity contribution is 0.474. The van der Waals surface area contributed by atoms with Crippen molar-refractivity contribution in [2.45, 2.75) is 33.1 Å². The lowest BCUT2D eigenvalue weighted by Gasteiger charge is -2.33. The van der Waals surface area contributed by atoms with Crippen molar-refractivity contribution in [2.24, 2.45) is 0 Å². The second-order valence-corrected chi connectivity index (χ2v) is 14.1. The van der Waals surface area contributed by atoms with Gasteiger partial charge < -0.3 is 19.2 Å². The molecular weight excluding hydrogens is 631 g/mol. The van der Waals surface area contributed by atoms with Crippen molar-refractivity contribution in [3.05, 3.63) is 145 Å². The molecule has 248 valence electrons. The third-order valence-electron chi connectivity index (χ3n) is 9.71. The fourth-order valence-corrected chi connectivity index (χ4v) is 7.03. The van der Waals surface area contributed by atoms with E-state index in [2.05, 4.69) is 87.2 Å². The molecule has 1 N–H and O–H groups in total. The average molecular weight is 666 g/mol. The van der Waals surface area contributed by atoms with Gasteiger partial charge in [0.2, 0.25) is 5.89 Å². The number of aromatic hydroxyl groups is 1. The molecular formula is C45H35N3O3. The molecule has 6 aromatic carbocycles. The molecule has 0 bridgehead atoms. The second-order valence-electron chi connectivity index (χ2n) is 14.1. The maximum atomic E-state index is 10.6. The Labute approximate surface area is 296 Å². The lowest BCUT2D eigenvalue weighted by Crippen LogP contribution is -2.16. The zero-order valence-corrected chi connectivity index (χ0v) is 28.8. The standard InChI is InChI=1S/C45H35N3O3/c1-27-20-21-46-42-34(27)25-30(45(2,3)4)26-35(42)29-22-28(32-13-11-19-41-43(32)47-44(51-41)33-12-5-8-16-38(33)49)23-31(24-29)48-36-14-6-9-17-39(36)50-40-18-10-7-15-37(40)48/h5-26,49H,1-4H3. The van der Waals surface area contributed by atoms with Crippen LogP contribution in [-0.4, -0.2) is 15.1 Å². The van der Waals surface area contributed by atoms with E-state index in [1.165, 1.54) is 11.1 Å². The van der Waals surface area contributed by atoms with Gasteiger partial charge in [0.1, 0.15) is 11.3 Å². The molecule has 0 fully saturated rings.